The van der Waals surface area contributed by atoms with Gasteiger partial charge in [-0.1, -0.05) is 30.3 Å². The van der Waals surface area contributed by atoms with Gasteiger partial charge in [-0.2, -0.15) is 0 Å². The zero-order chi connectivity index (χ0) is 17.2. The fourth-order valence-corrected chi connectivity index (χ4v) is 3.33. The molecule has 126 valence electrons. The van der Waals surface area contributed by atoms with Crippen LogP contribution in [0.1, 0.15) is 23.3 Å². The molecular formula is C20H18FN3O. The molecule has 4 rings (SSSR count). The lowest BCUT2D eigenvalue weighted by Gasteiger charge is -2.22. The Kier molecular flexibility index (Phi) is 4.06. The van der Waals surface area contributed by atoms with Crippen LogP contribution in [0.15, 0.2) is 54.7 Å². The Balaban J connectivity index is 1.71. The molecule has 0 atom stereocenters. The van der Waals surface area contributed by atoms with Gasteiger partial charge in [0.1, 0.15) is 17.2 Å². The Morgan fingerprint density at radius 2 is 1.84 bits per heavy atom. The molecule has 4 nitrogen and oxygen atoms in total. The van der Waals surface area contributed by atoms with Crippen LogP contribution in [0.3, 0.4) is 0 Å². The number of benzene rings is 2. The van der Waals surface area contributed by atoms with Crippen molar-refractivity contribution in [3.05, 3.63) is 66.2 Å². The number of anilines is 2. The maximum atomic E-state index is 14.4. The smallest absolute Gasteiger partial charge is 0.275 e. The summed E-state index contributed by atoms with van der Waals surface area (Å²) in [6.07, 6.45) is 3.75. The van der Waals surface area contributed by atoms with Crippen molar-refractivity contribution in [3.63, 3.8) is 0 Å². The average Bonchev–Trinajstić information content (AvgIpc) is 3.17. The van der Waals surface area contributed by atoms with Crippen molar-refractivity contribution in [2.75, 3.05) is 23.3 Å². The Bertz CT molecular complexity index is 930. The molecule has 1 saturated heterocycles. The number of hydrogen-bond acceptors (Lipinski definition) is 3. The van der Waals surface area contributed by atoms with Crippen molar-refractivity contribution >= 4 is 28.1 Å². The van der Waals surface area contributed by atoms with Gasteiger partial charge in [-0.05, 0) is 36.4 Å². The second kappa shape index (κ2) is 6.51. The molecule has 0 bridgehead atoms. The summed E-state index contributed by atoms with van der Waals surface area (Å²) in [5.41, 5.74) is 1.25. The van der Waals surface area contributed by atoms with Gasteiger partial charge >= 0.3 is 0 Å². The number of pyridine rings is 1. The van der Waals surface area contributed by atoms with Gasteiger partial charge in [-0.3, -0.25) is 9.78 Å². The van der Waals surface area contributed by atoms with Crippen LogP contribution >= 0.6 is 0 Å². The molecule has 2 heterocycles. The molecule has 0 unspecified atom stereocenters. The molecule has 0 aliphatic carbocycles. The van der Waals surface area contributed by atoms with Crippen molar-refractivity contribution in [1.82, 2.24) is 4.98 Å². The number of halogens is 1. The van der Waals surface area contributed by atoms with Crippen molar-refractivity contribution < 1.29 is 9.18 Å². The van der Waals surface area contributed by atoms with E-state index in [-0.39, 0.29) is 5.69 Å². The van der Waals surface area contributed by atoms with E-state index < -0.39 is 11.7 Å². The summed E-state index contributed by atoms with van der Waals surface area (Å²) < 4.78 is 14.4. The molecule has 1 aliphatic heterocycles. The van der Waals surface area contributed by atoms with Crippen LogP contribution < -0.4 is 10.2 Å². The van der Waals surface area contributed by atoms with Gasteiger partial charge in [-0.15, -0.1) is 0 Å². The van der Waals surface area contributed by atoms with Gasteiger partial charge in [0.2, 0.25) is 0 Å². The SMILES string of the molecule is O=C(Nc1c(F)cccc1N1CCCC1)c1nccc2ccccc12. The minimum absolute atomic E-state index is 0.226. The van der Waals surface area contributed by atoms with Gasteiger partial charge in [0.25, 0.3) is 5.91 Å². The number of carbonyl (C=O) groups excluding carboxylic acids is 1. The molecule has 0 saturated carbocycles. The summed E-state index contributed by atoms with van der Waals surface area (Å²) in [4.78, 5) is 19.1. The van der Waals surface area contributed by atoms with E-state index in [0.29, 0.717) is 5.69 Å². The summed E-state index contributed by atoms with van der Waals surface area (Å²) >= 11 is 0. The molecule has 3 aromatic rings. The molecule has 25 heavy (non-hydrogen) atoms. The van der Waals surface area contributed by atoms with Gasteiger partial charge in [0.05, 0.1) is 5.69 Å². The average molecular weight is 335 g/mol. The van der Waals surface area contributed by atoms with Crippen LogP contribution in [0.4, 0.5) is 15.8 Å². The molecule has 1 aromatic heterocycles. The van der Waals surface area contributed by atoms with Crippen LogP contribution in [-0.2, 0) is 0 Å². The fourth-order valence-electron chi connectivity index (χ4n) is 3.33. The Labute approximate surface area is 145 Å². The van der Waals surface area contributed by atoms with Crippen LogP contribution in [0, 0.1) is 5.82 Å². The monoisotopic (exact) mass is 335 g/mol. The van der Waals surface area contributed by atoms with E-state index in [9.17, 15) is 9.18 Å². The lowest BCUT2D eigenvalue weighted by atomic mass is 10.1. The Morgan fingerprint density at radius 1 is 1.04 bits per heavy atom. The van der Waals surface area contributed by atoms with Gasteiger partial charge < -0.3 is 10.2 Å². The van der Waals surface area contributed by atoms with E-state index >= 15 is 0 Å². The highest BCUT2D eigenvalue weighted by atomic mass is 19.1. The molecule has 2 aromatic carbocycles. The number of amides is 1. The number of carbonyl (C=O) groups is 1. The number of nitrogens with zero attached hydrogens (tertiary/aromatic N) is 2. The second-order valence-electron chi connectivity index (χ2n) is 6.16. The lowest BCUT2D eigenvalue weighted by Crippen LogP contribution is -2.22. The molecule has 1 aliphatic rings. The first kappa shape index (κ1) is 15.6. The van der Waals surface area contributed by atoms with Gasteiger partial charge in [-0.25, -0.2) is 4.39 Å². The quantitative estimate of drug-likeness (QED) is 0.779. The topological polar surface area (TPSA) is 45.2 Å². The van der Waals surface area contributed by atoms with Crippen molar-refractivity contribution in [2.24, 2.45) is 0 Å². The lowest BCUT2D eigenvalue weighted by molar-refractivity contribution is 0.102. The van der Waals surface area contributed by atoms with Crippen molar-refractivity contribution in [2.45, 2.75) is 12.8 Å². The van der Waals surface area contributed by atoms with E-state index in [1.807, 2.05) is 36.4 Å². The zero-order valence-corrected chi connectivity index (χ0v) is 13.7. The number of rotatable bonds is 3. The van der Waals surface area contributed by atoms with E-state index in [0.717, 1.165) is 42.4 Å². The second-order valence-corrected chi connectivity index (χ2v) is 6.16. The van der Waals surface area contributed by atoms with Gasteiger partial charge in [0, 0.05) is 24.7 Å². The van der Waals surface area contributed by atoms with Crippen LogP contribution in [0.2, 0.25) is 0 Å². The largest absolute Gasteiger partial charge is 0.370 e. The Hall–Kier alpha value is -2.95. The third kappa shape index (κ3) is 2.93. The molecule has 0 radical (unpaired) electrons. The minimum Gasteiger partial charge on any atom is -0.370 e. The first-order valence-corrected chi connectivity index (χ1v) is 8.42. The van der Waals surface area contributed by atoms with E-state index in [4.69, 9.17) is 0 Å². The predicted molar refractivity (Wildman–Crippen MR) is 97.5 cm³/mol. The maximum absolute atomic E-state index is 14.4. The highest BCUT2D eigenvalue weighted by Crippen LogP contribution is 2.31. The first-order valence-electron chi connectivity index (χ1n) is 8.42. The van der Waals surface area contributed by atoms with E-state index in [2.05, 4.69) is 15.2 Å². The third-order valence-corrected chi connectivity index (χ3v) is 4.57. The first-order chi connectivity index (χ1) is 12.2. The van der Waals surface area contributed by atoms with Crippen LogP contribution in [0.5, 0.6) is 0 Å². The zero-order valence-electron chi connectivity index (χ0n) is 13.7. The molecular weight excluding hydrogens is 317 g/mol. The third-order valence-electron chi connectivity index (χ3n) is 4.57. The summed E-state index contributed by atoms with van der Waals surface area (Å²) in [6, 6.07) is 14.3. The number of para-hydroxylation sites is 1. The summed E-state index contributed by atoms with van der Waals surface area (Å²) in [5.74, 6) is -0.833. The fraction of sp³-hybridized carbons (Fsp3) is 0.200. The highest BCUT2D eigenvalue weighted by Gasteiger charge is 2.21. The van der Waals surface area contributed by atoms with Crippen molar-refractivity contribution in [1.29, 1.82) is 0 Å². The molecule has 1 N–H and O–H groups in total. The molecule has 0 spiro atoms. The summed E-state index contributed by atoms with van der Waals surface area (Å²) in [6.45, 7) is 1.75. The number of hydrogen-bond donors (Lipinski definition) is 1. The summed E-state index contributed by atoms with van der Waals surface area (Å²) in [7, 11) is 0. The highest BCUT2D eigenvalue weighted by molar-refractivity contribution is 6.12. The van der Waals surface area contributed by atoms with E-state index in [1.165, 1.54) is 6.07 Å². The molecule has 5 heteroatoms. The molecule has 1 amide bonds. The van der Waals surface area contributed by atoms with E-state index in [1.54, 1.807) is 12.3 Å². The van der Waals surface area contributed by atoms with Gasteiger partial charge in [0.15, 0.2) is 0 Å². The normalized spacial score (nSPS) is 14.0. The van der Waals surface area contributed by atoms with Crippen molar-refractivity contribution in [3.8, 4) is 0 Å². The Morgan fingerprint density at radius 3 is 2.68 bits per heavy atom. The number of nitrogens with one attached hydrogen (secondary N) is 1. The number of aromatic nitrogens is 1. The number of fused-ring (bicyclic) bond motifs is 1. The minimum atomic E-state index is -0.432. The molecule has 1 fully saturated rings. The maximum Gasteiger partial charge on any atom is 0.275 e. The van der Waals surface area contributed by atoms with Crippen LogP contribution in [0.25, 0.3) is 10.8 Å². The predicted octanol–water partition coefficient (Wildman–Crippen LogP) is 4.23. The summed E-state index contributed by atoms with van der Waals surface area (Å²) in [5, 5.41) is 4.42. The van der Waals surface area contributed by atoms with Crippen LogP contribution in [-0.4, -0.2) is 24.0 Å². The standard InChI is InChI=1S/C20H18FN3O/c21-16-8-5-9-17(24-12-3-4-13-24)19(16)23-20(25)18-15-7-2-1-6-14(15)10-11-22-18/h1-2,5-11H,3-4,12-13H2,(H,23,25).